The Morgan fingerprint density at radius 1 is 1.32 bits per heavy atom. The van der Waals surface area contributed by atoms with Crippen LogP contribution in [-0.2, 0) is 14.8 Å². The lowest BCUT2D eigenvalue weighted by molar-refractivity contribution is -0.0278. The number of nitrogens with one attached hydrogen (secondary N) is 1. The minimum Gasteiger partial charge on any atom is -0.491 e. The Hall–Kier alpha value is -1.90. The molecule has 0 aliphatic carbocycles. The smallest absolute Gasteiger partial charge is 0.209 e. The van der Waals surface area contributed by atoms with Gasteiger partial charge in [-0.3, -0.25) is 0 Å². The third kappa shape index (κ3) is 5.04. The number of hydrogen-bond acceptors (Lipinski definition) is 6. The molecule has 7 nitrogen and oxygen atoms in total. The number of sulfonamides is 1. The van der Waals surface area contributed by atoms with Gasteiger partial charge in [-0.05, 0) is 44.0 Å². The third-order valence-electron chi connectivity index (χ3n) is 4.00. The molecule has 2 atom stereocenters. The second-order valence-corrected chi connectivity index (χ2v) is 7.99. The van der Waals surface area contributed by atoms with E-state index in [1.807, 2.05) is 37.3 Å². The molecule has 2 aromatic rings. The quantitative estimate of drug-likeness (QED) is 0.842. The maximum atomic E-state index is 11.5. The van der Waals surface area contributed by atoms with E-state index < -0.39 is 10.0 Å². The Morgan fingerprint density at radius 2 is 2.08 bits per heavy atom. The normalized spacial score (nSPS) is 21.2. The average molecular weight is 366 g/mol. The molecule has 2 heterocycles. The summed E-state index contributed by atoms with van der Waals surface area (Å²) in [7, 11) is -3.28. The molecule has 1 N–H and O–H groups in total. The maximum Gasteiger partial charge on any atom is 0.209 e. The summed E-state index contributed by atoms with van der Waals surface area (Å²) in [6.07, 6.45) is 2.42. The average Bonchev–Trinajstić information content (AvgIpc) is 3.00. The van der Waals surface area contributed by atoms with Crippen molar-refractivity contribution in [3.05, 3.63) is 36.1 Å². The van der Waals surface area contributed by atoms with E-state index >= 15 is 0 Å². The third-order valence-corrected chi connectivity index (χ3v) is 4.73. The Kier molecular flexibility index (Phi) is 5.41. The first-order chi connectivity index (χ1) is 11.9. The number of hydrogen-bond donors (Lipinski definition) is 1. The largest absolute Gasteiger partial charge is 0.491 e. The van der Waals surface area contributed by atoms with Gasteiger partial charge in [-0.25, -0.2) is 13.1 Å². The van der Waals surface area contributed by atoms with Crippen LogP contribution >= 0.6 is 0 Å². The van der Waals surface area contributed by atoms with E-state index in [1.165, 1.54) is 0 Å². The monoisotopic (exact) mass is 366 g/mol. The molecule has 0 unspecified atom stereocenters. The van der Waals surface area contributed by atoms with Gasteiger partial charge < -0.3 is 14.0 Å². The van der Waals surface area contributed by atoms with Gasteiger partial charge in [0.1, 0.15) is 29.9 Å². The zero-order valence-corrected chi connectivity index (χ0v) is 15.1. The fraction of sp³-hybridized carbons (Fsp3) is 0.471. The number of aryl methyl sites for hydroxylation is 1. The van der Waals surface area contributed by atoms with Gasteiger partial charge in [0.05, 0.1) is 12.3 Å². The molecule has 8 heteroatoms. The highest BCUT2D eigenvalue weighted by Gasteiger charge is 2.28. The van der Waals surface area contributed by atoms with Gasteiger partial charge in [-0.2, -0.15) is 0 Å². The number of rotatable bonds is 6. The predicted molar refractivity (Wildman–Crippen MR) is 92.9 cm³/mol. The molecule has 0 spiro atoms. The van der Waals surface area contributed by atoms with Gasteiger partial charge in [0.2, 0.25) is 10.0 Å². The maximum absolute atomic E-state index is 11.5. The van der Waals surface area contributed by atoms with Crippen molar-refractivity contribution in [3.8, 4) is 17.0 Å². The fourth-order valence-corrected chi connectivity index (χ4v) is 3.64. The zero-order valence-electron chi connectivity index (χ0n) is 14.3. The van der Waals surface area contributed by atoms with Gasteiger partial charge in [-0.1, -0.05) is 5.16 Å². The second-order valence-electron chi connectivity index (χ2n) is 6.21. The van der Waals surface area contributed by atoms with Gasteiger partial charge in [0.15, 0.2) is 0 Å². The predicted octanol–water partition coefficient (Wildman–Crippen LogP) is 2.13. The van der Waals surface area contributed by atoms with E-state index in [4.69, 9.17) is 14.0 Å². The van der Waals surface area contributed by atoms with Crippen LogP contribution in [0, 0.1) is 6.92 Å². The molecular formula is C17H22N2O5S. The van der Waals surface area contributed by atoms with Crippen molar-refractivity contribution in [3.63, 3.8) is 0 Å². The molecule has 0 radical (unpaired) electrons. The Labute approximate surface area is 147 Å². The Balaban J connectivity index is 1.60. The topological polar surface area (TPSA) is 90.7 Å². The fourth-order valence-electron chi connectivity index (χ4n) is 2.82. The van der Waals surface area contributed by atoms with Crippen molar-refractivity contribution in [1.29, 1.82) is 0 Å². The van der Waals surface area contributed by atoms with E-state index in [1.54, 1.807) is 0 Å². The van der Waals surface area contributed by atoms with Crippen LogP contribution < -0.4 is 9.46 Å². The number of aromatic nitrogens is 1. The van der Waals surface area contributed by atoms with Crippen molar-refractivity contribution < 1.29 is 22.4 Å². The van der Waals surface area contributed by atoms with Crippen LogP contribution in [0.1, 0.15) is 18.6 Å². The molecule has 136 valence electrons. The number of nitrogens with zero attached hydrogens (tertiary/aromatic N) is 1. The minimum absolute atomic E-state index is 0.263. The summed E-state index contributed by atoms with van der Waals surface area (Å²) < 4.78 is 42.1. The van der Waals surface area contributed by atoms with Crippen LogP contribution in [0.15, 0.2) is 34.9 Å². The van der Waals surface area contributed by atoms with Crippen LogP contribution in [0.2, 0.25) is 0 Å². The molecule has 1 saturated heterocycles. The molecule has 0 amide bonds. The molecule has 3 rings (SSSR count). The van der Waals surface area contributed by atoms with Crippen molar-refractivity contribution in [1.82, 2.24) is 9.88 Å². The zero-order chi connectivity index (χ0) is 17.9. The van der Waals surface area contributed by atoms with Crippen molar-refractivity contribution in [2.75, 3.05) is 19.5 Å². The van der Waals surface area contributed by atoms with Crippen molar-refractivity contribution in [2.24, 2.45) is 0 Å². The highest BCUT2D eigenvalue weighted by atomic mass is 32.2. The molecule has 1 aliphatic heterocycles. The first-order valence-corrected chi connectivity index (χ1v) is 10.1. The van der Waals surface area contributed by atoms with Crippen LogP contribution in [0.3, 0.4) is 0 Å². The van der Waals surface area contributed by atoms with Crippen molar-refractivity contribution in [2.45, 2.75) is 31.9 Å². The van der Waals surface area contributed by atoms with E-state index in [9.17, 15) is 8.42 Å². The minimum atomic E-state index is -3.28. The first kappa shape index (κ1) is 17.9. The van der Waals surface area contributed by atoms with E-state index in [-0.39, 0.29) is 18.8 Å². The molecule has 1 aliphatic rings. The standard InChI is InChI=1S/C17H22N2O5S/c1-12-10-16(18-24-12)13-5-7-14(8-6-13)23-11-17-15(4-3-9-22-17)19-25(2,20)21/h5-8,10,15,17,19H,3-4,9,11H2,1-2H3/t15-,17+/m0/s1. The Bertz CT molecular complexity index is 801. The lowest BCUT2D eigenvalue weighted by atomic mass is 10.0. The molecular weight excluding hydrogens is 344 g/mol. The van der Waals surface area contributed by atoms with Crippen molar-refractivity contribution >= 4 is 10.0 Å². The molecule has 1 aromatic carbocycles. The van der Waals surface area contributed by atoms with Gasteiger partial charge in [0.25, 0.3) is 0 Å². The molecule has 1 aromatic heterocycles. The van der Waals surface area contributed by atoms with E-state index in [0.29, 0.717) is 12.4 Å². The number of ether oxygens (including phenoxy) is 2. The SMILES string of the molecule is Cc1cc(-c2ccc(OC[C@H]3OCCC[C@@H]3NS(C)(=O)=O)cc2)no1. The van der Waals surface area contributed by atoms with Crippen LogP contribution in [0.25, 0.3) is 11.3 Å². The summed E-state index contributed by atoms with van der Waals surface area (Å²) in [6.45, 7) is 2.75. The van der Waals surface area contributed by atoms with Crippen LogP contribution in [-0.4, -0.2) is 45.2 Å². The highest BCUT2D eigenvalue weighted by Crippen LogP contribution is 2.23. The van der Waals surface area contributed by atoms with Crippen LogP contribution in [0.4, 0.5) is 0 Å². The molecule has 0 saturated carbocycles. The summed E-state index contributed by atoms with van der Waals surface area (Å²) >= 11 is 0. The van der Waals surface area contributed by atoms with Crippen LogP contribution in [0.5, 0.6) is 5.75 Å². The van der Waals surface area contributed by atoms with E-state index in [0.717, 1.165) is 36.1 Å². The van der Waals surface area contributed by atoms with Gasteiger partial charge in [0, 0.05) is 18.2 Å². The highest BCUT2D eigenvalue weighted by molar-refractivity contribution is 7.88. The summed E-state index contributed by atoms with van der Waals surface area (Å²) in [5.74, 6) is 1.45. The lowest BCUT2D eigenvalue weighted by Gasteiger charge is -2.31. The van der Waals surface area contributed by atoms with Gasteiger partial charge in [-0.15, -0.1) is 0 Å². The summed E-state index contributed by atoms with van der Waals surface area (Å²) in [6, 6.07) is 9.11. The number of benzene rings is 1. The molecule has 25 heavy (non-hydrogen) atoms. The second kappa shape index (κ2) is 7.55. The summed E-state index contributed by atoms with van der Waals surface area (Å²) in [5.41, 5.74) is 1.71. The Morgan fingerprint density at radius 3 is 2.72 bits per heavy atom. The molecule has 1 fully saturated rings. The summed E-state index contributed by atoms with van der Waals surface area (Å²) in [5, 5.41) is 3.98. The van der Waals surface area contributed by atoms with E-state index in [2.05, 4.69) is 9.88 Å². The summed E-state index contributed by atoms with van der Waals surface area (Å²) in [4.78, 5) is 0. The lowest BCUT2D eigenvalue weighted by Crippen LogP contribution is -2.49. The molecule has 0 bridgehead atoms. The first-order valence-electron chi connectivity index (χ1n) is 8.16. The van der Waals surface area contributed by atoms with Gasteiger partial charge >= 0.3 is 0 Å².